The van der Waals surface area contributed by atoms with Gasteiger partial charge in [-0.2, -0.15) is 0 Å². The molecule has 0 spiro atoms. The van der Waals surface area contributed by atoms with Crippen LogP contribution < -0.4 is 0 Å². The van der Waals surface area contributed by atoms with Crippen LogP contribution in [0.5, 0.6) is 0 Å². The number of halogens is 1. The van der Waals surface area contributed by atoms with Gasteiger partial charge in [0, 0.05) is 5.54 Å². The molecule has 1 atom stereocenters. The molecule has 1 unspecified atom stereocenters. The summed E-state index contributed by atoms with van der Waals surface area (Å²) in [5.74, 6) is 11.0. The van der Waals surface area contributed by atoms with Crippen molar-refractivity contribution in [2.75, 3.05) is 0 Å². The predicted octanol–water partition coefficient (Wildman–Crippen LogP) is 3.80. The second kappa shape index (κ2) is 13.7. The molecular weight excluding hydrogens is 244 g/mol. The van der Waals surface area contributed by atoms with Gasteiger partial charge in [0.1, 0.15) is 0 Å². The first kappa shape index (κ1) is 16.6. The number of aliphatic hydroxyl groups is 1. The standard InChI is InChI=1S/C16H19ClO/c1-2-16(18)14-12-10-8-6-4-3-5-7-9-11-13-15-17/h6,8-9,11,13,15-16,18H,2,10,12,14H2,1H3. The minimum atomic E-state index is -0.163. The van der Waals surface area contributed by atoms with Crippen molar-refractivity contribution in [1.82, 2.24) is 0 Å². The number of allylic oxidation sites excluding steroid dienone is 5. The third kappa shape index (κ3) is 12.7. The lowest BCUT2D eigenvalue weighted by atomic mass is 10.1. The average molecular weight is 263 g/mol. The quantitative estimate of drug-likeness (QED) is 0.439. The lowest BCUT2D eigenvalue weighted by molar-refractivity contribution is 0.158. The molecule has 0 rings (SSSR count). The van der Waals surface area contributed by atoms with Gasteiger partial charge < -0.3 is 5.11 Å². The van der Waals surface area contributed by atoms with Gasteiger partial charge in [-0.25, -0.2) is 0 Å². The number of unbranched alkanes of at least 4 members (excludes halogenated alkanes) is 1. The molecule has 0 aliphatic rings. The van der Waals surface area contributed by atoms with Crippen LogP contribution >= 0.6 is 11.6 Å². The topological polar surface area (TPSA) is 20.2 Å². The number of rotatable bonds is 6. The Bertz CT molecular complexity index is 396. The van der Waals surface area contributed by atoms with E-state index in [2.05, 4.69) is 23.7 Å². The van der Waals surface area contributed by atoms with E-state index in [0.29, 0.717) is 0 Å². The molecule has 2 heteroatoms. The molecule has 1 nitrogen and oxygen atoms in total. The fourth-order valence-electron chi connectivity index (χ4n) is 1.12. The van der Waals surface area contributed by atoms with E-state index >= 15 is 0 Å². The average Bonchev–Trinajstić information content (AvgIpc) is 2.39. The van der Waals surface area contributed by atoms with Crippen LogP contribution in [0, 0.1) is 23.7 Å². The van der Waals surface area contributed by atoms with Gasteiger partial charge in [-0.1, -0.05) is 48.6 Å². The lowest BCUT2D eigenvalue weighted by Gasteiger charge is -2.04. The maximum Gasteiger partial charge on any atom is 0.0537 e. The van der Waals surface area contributed by atoms with E-state index < -0.39 is 0 Å². The van der Waals surface area contributed by atoms with Crippen molar-refractivity contribution in [3.05, 3.63) is 35.9 Å². The van der Waals surface area contributed by atoms with Crippen molar-refractivity contribution < 1.29 is 5.11 Å². The number of aliphatic hydroxyl groups excluding tert-OH is 1. The molecule has 0 aliphatic heterocycles. The van der Waals surface area contributed by atoms with Gasteiger partial charge in [0.2, 0.25) is 0 Å². The fourth-order valence-corrected chi connectivity index (χ4v) is 1.20. The van der Waals surface area contributed by atoms with Crippen LogP contribution in [0.3, 0.4) is 0 Å². The third-order valence-electron chi connectivity index (χ3n) is 2.15. The van der Waals surface area contributed by atoms with Crippen molar-refractivity contribution in [2.45, 2.75) is 38.7 Å². The molecule has 0 fully saturated rings. The van der Waals surface area contributed by atoms with Gasteiger partial charge in [-0.3, -0.25) is 0 Å². The summed E-state index contributed by atoms with van der Waals surface area (Å²) in [5.41, 5.74) is 1.42. The summed E-state index contributed by atoms with van der Waals surface area (Å²) in [4.78, 5) is 0. The first-order chi connectivity index (χ1) is 8.81. The van der Waals surface area contributed by atoms with Crippen molar-refractivity contribution in [3.8, 4) is 23.7 Å². The van der Waals surface area contributed by atoms with Crippen LogP contribution in [0.2, 0.25) is 0 Å². The first-order valence-corrected chi connectivity index (χ1v) is 6.51. The SMILES string of the molecule is CCC(O)CCCC=CC#CC#CC=CC=CCl. The molecule has 0 aromatic carbocycles. The van der Waals surface area contributed by atoms with E-state index in [-0.39, 0.29) is 6.10 Å². The summed E-state index contributed by atoms with van der Waals surface area (Å²) in [6.07, 6.45) is 12.4. The highest BCUT2D eigenvalue weighted by molar-refractivity contribution is 6.25. The highest BCUT2D eigenvalue weighted by atomic mass is 35.5. The zero-order valence-electron chi connectivity index (χ0n) is 10.7. The monoisotopic (exact) mass is 262 g/mol. The highest BCUT2D eigenvalue weighted by Crippen LogP contribution is 2.03. The Balaban J connectivity index is 3.70. The lowest BCUT2D eigenvalue weighted by Crippen LogP contribution is -2.02. The van der Waals surface area contributed by atoms with Crippen LogP contribution in [0.4, 0.5) is 0 Å². The Morgan fingerprint density at radius 1 is 1.17 bits per heavy atom. The molecular formula is C16H19ClO. The number of hydrogen-bond donors (Lipinski definition) is 1. The van der Waals surface area contributed by atoms with E-state index in [1.54, 1.807) is 24.3 Å². The Kier molecular flexibility index (Phi) is 12.6. The van der Waals surface area contributed by atoms with E-state index in [4.69, 9.17) is 11.6 Å². The molecule has 0 saturated heterocycles. The smallest absolute Gasteiger partial charge is 0.0537 e. The van der Waals surface area contributed by atoms with Gasteiger partial charge in [0.05, 0.1) is 6.10 Å². The van der Waals surface area contributed by atoms with Crippen molar-refractivity contribution >= 4 is 11.6 Å². The predicted molar refractivity (Wildman–Crippen MR) is 79.0 cm³/mol. The zero-order valence-corrected chi connectivity index (χ0v) is 11.5. The van der Waals surface area contributed by atoms with E-state index in [1.165, 1.54) is 5.54 Å². The summed E-state index contributed by atoms with van der Waals surface area (Å²) in [6.45, 7) is 1.99. The molecule has 0 bridgehead atoms. The van der Waals surface area contributed by atoms with Crippen LogP contribution in [0.15, 0.2) is 35.9 Å². The molecule has 0 amide bonds. The molecule has 0 aromatic rings. The summed E-state index contributed by atoms with van der Waals surface area (Å²) < 4.78 is 0. The van der Waals surface area contributed by atoms with Gasteiger partial charge in [0.15, 0.2) is 0 Å². The summed E-state index contributed by atoms with van der Waals surface area (Å²) in [6, 6.07) is 0. The molecule has 1 N–H and O–H groups in total. The van der Waals surface area contributed by atoms with Crippen LogP contribution in [-0.4, -0.2) is 11.2 Å². The van der Waals surface area contributed by atoms with Crippen LogP contribution in [0.25, 0.3) is 0 Å². The second-order valence-corrected chi connectivity index (χ2v) is 3.86. The minimum absolute atomic E-state index is 0.163. The molecule has 0 radical (unpaired) electrons. The number of hydrogen-bond acceptors (Lipinski definition) is 1. The maximum absolute atomic E-state index is 9.33. The first-order valence-electron chi connectivity index (χ1n) is 6.07. The van der Waals surface area contributed by atoms with Crippen molar-refractivity contribution in [2.24, 2.45) is 0 Å². The fraction of sp³-hybridized carbons (Fsp3) is 0.375. The highest BCUT2D eigenvalue weighted by Gasteiger charge is 1.97. The zero-order chi connectivity index (χ0) is 13.5. The molecule has 0 aromatic heterocycles. The van der Waals surface area contributed by atoms with E-state index in [9.17, 15) is 5.11 Å². The molecule has 0 heterocycles. The summed E-state index contributed by atoms with van der Waals surface area (Å²) >= 11 is 5.32. The summed E-state index contributed by atoms with van der Waals surface area (Å²) in [5, 5.41) is 9.33. The van der Waals surface area contributed by atoms with Gasteiger partial charge in [-0.15, -0.1) is 0 Å². The van der Waals surface area contributed by atoms with Crippen LogP contribution in [-0.2, 0) is 0 Å². The molecule has 0 aliphatic carbocycles. The Labute approximate surface area is 115 Å². The second-order valence-electron chi connectivity index (χ2n) is 3.61. The molecule has 96 valence electrons. The molecule has 18 heavy (non-hydrogen) atoms. The Hall–Kier alpha value is -1.41. The maximum atomic E-state index is 9.33. The summed E-state index contributed by atoms with van der Waals surface area (Å²) in [7, 11) is 0. The van der Waals surface area contributed by atoms with Gasteiger partial charge >= 0.3 is 0 Å². The minimum Gasteiger partial charge on any atom is -0.393 e. The Morgan fingerprint density at radius 3 is 2.56 bits per heavy atom. The molecule has 0 saturated carbocycles. The van der Waals surface area contributed by atoms with Crippen LogP contribution in [0.1, 0.15) is 32.6 Å². The Morgan fingerprint density at radius 2 is 1.89 bits per heavy atom. The normalized spacial score (nSPS) is 12.4. The van der Waals surface area contributed by atoms with E-state index in [1.807, 2.05) is 13.0 Å². The van der Waals surface area contributed by atoms with Crippen molar-refractivity contribution in [1.29, 1.82) is 0 Å². The van der Waals surface area contributed by atoms with E-state index in [0.717, 1.165) is 25.7 Å². The largest absolute Gasteiger partial charge is 0.393 e. The van der Waals surface area contributed by atoms with Crippen molar-refractivity contribution in [3.63, 3.8) is 0 Å². The third-order valence-corrected chi connectivity index (χ3v) is 2.30. The van der Waals surface area contributed by atoms with Gasteiger partial charge in [-0.05, 0) is 49.7 Å². The van der Waals surface area contributed by atoms with Gasteiger partial charge in [0.25, 0.3) is 0 Å².